The molecule has 6 nitrogen and oxygen atoms in total. The Morgan fingerprint density at radius 2 is 2.05 bits per heavy atom. The predicted octanol–water partition coefficient (Wildman–Crippen LogP) is 0.997. The Morgan fingerprint density at radius 3 is 2.68 bits per heavy atom. The van der Waals surface area contributed by atoms with Gasteiger partial charge in [0.25, 0.3) is 0 Å². The lowest BCUT2D eigenvalue weighted by Gasteiger charge is -2.33. The lowest BCUT2D eigenvalue weighted by atomic mass is 9.99. The number of unbranched alkanes of at least 4 members (excludes halogenated alkanes) is 2. The maximum absolute atomic E-state index is 12.1. The fourth-order valence-electron chi connectivity index (χ4n) is 2.33. The number of rotatable bonds is 6. The van der Waals surface area contributed by atoms with Gasteiger partial charge in [-0.3, -0.25) is 4.79 Å². The molecule has 1 saturated heterocycles. The second-order valence-electron chi connectivity index (χ2n) is 5.11. The van der Waals surface area contributed by atoms with E-state index in [1.54, 1.807) is 16.8 Å². The molecule has 2 amide bonds. The molecule has 1 heterocycles. The van der Waals surface area contributed by atoms with E-state index in [1.807, 2.05) is 0 Å². The van der Waals surface area contributed by atoms with Crippen molar-refractivity contribution in [3.05, 3.63) is 0 Å². The lowest BCUT2D eigenvalue weighted by Crippen LogP contribution is -2.47. The highest BCUT2D eigenvalue weighted by Gasteiger charge is 2.29. The van der Waals surface area contributed by atoms with Crippen LogP contribution in [0.25, 0.3) is 0 Å². The minimum Gasteiger partial charge on any atom is -0.481 e. The Morgan fingerprint density at radius 1 is 1.32 bits per heavy atom. The number of carbonyl (C=O) groups is 2. The third-order valence-corrected chi connectivity index (χ3v) is 3.52. The van der Waals surface area contributed by atoms with Gasteiger partial charge in [-0.15, -0.1) is 0 Å². The number of carboxylic acid groups (broad SMARTS) is 1. The van der Waals surface area contributed by atoms with E-state index in [2.05, 4.69) is 0 Å². The van der Waals surface area contributed by atoms with Crippen molar-refractivity contribution in [2.75, 3.05) is 33.3 Å². The van der Waals surface area contributed by atoms with E-state index in [0.717, 1.165) is 25.7 Å². The SMILES string of the molecule is CN(CCCCCO)C(=O)N1CCCC(C(=O)O)C1. The summed E-state index contributed by atoms with van der Waals surface area (Å²) in [6, 6.07) is -0.0880. The highest BCUT2D eigenvalue weighted by Crippen LogP contribution is 2.17. The normalized spacial score (nSPS) is 19.3. The number of amides is 2. The molecular weight excluding hydrogens is 248 g/mol. The fourth-order valence-corrected chi connectivity index (χ4v) is 2.33. The summed E-state index contributed by atoms with van der Waals surface area (Å²) in [5.41, 5.74) is 0. The number of aliphatic hydroxyl groups excluding tert-OH is 1. The van der Waals surface area contributed by atoms with Crippen LogP contribution in [-0.2, 0) is 4.79 Å². The van der Waals surface area contributed by atoms with Crippen LogP contribution in [0.4, 0.5) is 4.79 Å². The van der Waals surface area contributed by atoms with Gasteiger partial charge in [-0.2, -0.15) is 0 Å². The van der Waals surface area contributed by atoms with Gasteiger partial charge in [-0.25, -0.2) is 4.79 Å². The fraction of sp³-hybridized carbons (Fsp3) is 0.846. The molecule has 6 heteroatoms. The third kappa shape index (κ3) is 5.06. The van der Waals surface area contributed by atoms with Gasteiger partial charge in [-0.1, -0.05) is 0 Å². The Bertz CT molecular complexity index is 309. The number of piperidine rings is 1. The molecule has 0 spiro atoms. The van der Waals surface area contributed by atoms with Gasteiger partial charge in [-0.05, 0) is 32.1 Å². The Labute approximate surface area is 114 Å². The molecule has 0 saturated carbocycles. The van der Waals surface area contributed by atoms with Crippen molar-refractivity contribution in [2.45, 2.75) is 32.1 Å². The van der Waals surface area contributed by atoms with Gasteiger partial charge in [0, 0.05) is 33.3 Å². The molecular formula is C13H24N2O4. The van der Waals surface area contributed by atoms with E-state index >= 15 is 0 Å². The first kappa shape index (κ1) is 15.8. The summed E-state index contributed by atoms with van der Waals surface area (Å²) in [5, 5.41) is 17.7. The van der Waals surface area contributed by atoms with E-state index in [9.17, 15) is 9.59 Å². The summed E-state index contributed by atoms with van der Waals surface area (Å²) in [6.45, 7) is 1.79. The minimum atomic E-state index is -0.817. The van der Waals surface area contributed by atoms with Crippen LogP contribution in [0.3, 0.4) is 0 Å². The Hall–Kier alpha value is -1.30. The molecule has 0 aromatic heterocycles. The number of hydrogen-bond acceptors (Lipinski definition) is 3. The van der Waals surface area contributed by atoms with E-state index in [1.165, 1.54) is 0 Å². The van der Waals surface area contributed by atoms with Crippen molar-refractivity contribution in [1.29, 1.82) is 0 Å². The summed E-state index contributed by atoms with van der Waals surface area (Å²) in [7, 11) is 1.74. The van der Waals surface area contributed by atoms with E-state index in [0.29, 0.717) is 26.1 Å². The first-order valence-electron chi connectivity index (χ1n) is 6.90. The van der Waals surface area contributed by atoms with Crippen LogP contribution < -0.4 is 0 Å². The highest BCUT2D eigenvalue weighted by atomic mass is 16.4. The van der Waals surface area contributed by atoms with E-state index < -0.39 is 11.9 Å². The third-order valence-electron chi connectivity index (χ3n) is 3.52. The molecule has 0 aromatic rings. The highest BCUT2D eigenvalue weighted by molar-refractivity contribution is 5.76. The lowest BCUT2D eigenvalue weighted by molar-refractivity contribution is -0.143. The average Bonchev–Trinajstić information content (AvgIpc) is 2.42. The zero-order valence-corrected chi connectivity index (χ0v) is 11.5. The van der Waals surface area contributed by atoms with Crippen LogP contribution in [-0.4, -0.2) is 65.3 Å². The largest absolute Gasteiger partial charge is 0.481 e. The van der Waals surface area contributed by atoms with Gasteiger partial charge in [0.15, 0.2) is 0 Å². The molecule has 0 aromatic carbocycles. The smallest absolute Gasteiger partial charge is 0.319 e. The molecule has 1 rings (SSSR count). The van der Waals surface area contributed by atoms with Crippen LogP contribution in [0, 0.1) is 5.92 Å². The minimum absolute atomic E-state index is 0.0880. The molecule has 110 valence electrons. The number of carbonyl (C=O) groups excluding carboxylic acids is 1. The van der Waals surface area contributed by atoms with Gasteiger partial charge < -0.3 is 20.0 Å². The van der Waals surface area contributed by atoms with Crippen molar-refractivity contribution in [3.8, 4) is 0 Å². The first-order valence-corrected chi connectivity index (χ1v) is 6.90. The zero-order chi connectivity index (χ0) is 14.3. The number of urea groups is 1. The molecule has 1 atom stereocenters. The summed E-state index contributed by atoms with van der Waals surface area (Å²) < 4.78 is 0. The summed E-state index contributed by atoms with van der Waals surface area (Å²) in [5.74, 6) is -1.25. The molecule has 2 N–H and O–H groups in total. The number of likely N-dealkylation sites (tertiary alicyclic amines) is 1. The molecule has 1 fully saturated rings. The standard InChI is InChI=1S/C13H24N2O4/c1-14(7-3-2-4-9-16)13(19)15-8-5-6-11(10-15)12(17)18/h11,16H,2-10H2,1H3,(H,17,18). The van der Waals surface area contributed by atoms with Crippen LogP contribution in [0.2, 0.25) is 0 Å². The van der Waals surface area contributed by atoms with Crippen molar-refractivity contribution in [3.63, 3.8) is 0 Å². The maximum atomic E-state index is 12.1. The number of aliphatic hydroxyl groups is 1. The molecule has 19 heavy (non-hydrogen) atoms. The van der Waals surface area contributed by atoms with Crippen molar-refractivity contribution in [1.82, 2.24) is 9.80 Å². The van der Waals surface area contributed by atoms with Gasteiger partial charge in [0.1, 0.15) is 0 Å². The van der Waals surface area contributed by atoms with Crippen LogP contribution in [0.5, 0.6) is 0 Å². The number of aliphatic carboxylic acids is 1. The second kappa shape index (κ2) is 7.99. The second-order valence-corrected chi connectivity index (χ2v) is 5.11. The number of carboxylic acids is 1. The molecule has 0 aliphatic carbocycles. The van der Waals surface area contributed by atoms with Crippen LogP contribution in [0.15, 0.2) is 0 Å². The van der Waals surface area contributed by atoms with Crippen molar-refractivity contribution >= 4 is 12.0 Å². The van der Waals surface area contributed by atoms with E-state index in [4.69, 9.17) is 10.2 Å². The van der Waals surface area contributed by atoms with Gasteiger partial charge >= 0.3 is 12.0 Å². The van der Waals surface area contributed by atoms with Crippen molar-refractivity contribution < 1.29 is 19.8 Å². The monoisotopic (exact) mass is 272 g/mol. The van der Waals surface area contributed by atoms with Crippen molar-refractivity contribution in [2.24, 2.45) is 5.92 Å². The topological polar surface area (TPSA) is 81.1 Å². The molecule has 0 bridgehead atoms. The number of nitrogens with zero attached hydrogens (tertiary/aromatic N) is 2. The van der Waals surface area contributed by atoms with E-state index in [-0.39, 0.29) is 12.6 Å². The Balaban J connectivity index is 2.36. The Kier molecular flexibility index (Phi) is 6.62. The average molecular weight is 272 g/mol. The van der Waals surface area contributed by atoms with Gasteiger partial charge in [0.05, 0.1) is 5.92 Å². The van der Waals surface area contributed by atoms with Gasteiger partial charge in [0.2, 0.25) is 0 Å². The first-order chi connectivity index (χ1) is 9.06. The molecule has 1 unspecified atom stereocenters. The van der Waals surface area contributed by atoms with Crippen LogP contribution in [0.1, 0.15) is 32.1 Å². The molecule has 1 aliphatic heterocycles. The summed E-state index contributed by atoms with van der Waals surface area (Å²) in [6.07, 6.45) is 3.91. The zero-order valence-electron chi connectivity index (χ0n) is 11.5. The summed E-state index contributed by atoms with van der Waals surface area (Å²) in [4.78, 5) is 26.4. The predicted molar refractivity (Wildman–Crippen MR) is 70.9 cm³/mol. The quantitative estimate of drug-likeness (QED) is 0.707. The number of hydrogen-bond donors (Lipinski definition) is 2. The molecule has 1 aliphatic rings. The maximum Gasteiger partial charge on any atom is 0.319 e. The molecule has 0 radical (unpaired) electrons. The summed E-state index contributed by atoms with van der Waals surface area (Å²) >= 11 is 0. The van der Waals surface area contributed by atoms with Crippen LogP contribution >= 0.6 is 0 Å².